The zero-order chi connectivity index (χ0) is 10.9. The van der Waals surface area contributed by atoms with Crippen LogP contribution in [-0.4, -0.2) is 4.98 Å². The molecule has 0 saturated heterocycles. The highest BCUT2D eigenvalue weighted by Crippen LogP contribution is 2.31. The van der Waals surface area contributed by atoms with Crippen LogP contribution in [0.4, 0.5) is 13.2 Å². The molecule has 0 radical (unpaired) electrons. The van der Waals surface area contributed by atoms with Crippen LogP contribution in [0.1, 0.15) is 30.5 Å². The molecule has 4 heteroatoms. The highest BCUT2D eigenvalue weighted by atomic mass is 19.4. The summed E-state index contributed by atoms with van der Waals surface area (Å²) in [7, 11) is 0. The SMILES string of the molecule is FC(F)(F)c1ccc(CC2CCC2)nc1. The molecule has 0 aromatic carbocycles. The third kappa shape index (κ3) is 2.49. The monoisotopic (exact) mass is 215 g/mol. The minimum absolute atomic E-state index is 0.634. The van der Waals surface area contributed by atoms with Gasteiger partial charge in [0.05, 0.1) is 5.56 Å². The van der Waals surface area contributed by atoms with Crippen LogP contribution in [0.5, 0.6) is 0 Å². The summed E-state index contributed by atoms with van der Waals surface area (Å²) in [6, 6.07) is 2.60. The van der Waals surface area contributed by atoms with Crippen LogP contribution in [0, 0.1) is 5.92 Å². The van der Waals surface area contributed by atoms with Crippen molar-refractivity contribution in [2.45, 2.75) is 31.9 Å². The summed E-state index contributed by atoms with van der Waals surface area (Å²) in [5, 5.41) is 0. The first kappa shape index (κ1) is 10.5. The van der Waals surface area contributed by atoms with Gasteiger partial charge in [0.25, 0.3) is 0 Å². The van der Waals surface area contributed by atoms with Gasteiger partial charge in [-0.25, -0.2) is 0 Å². The number of aromatic nitrogens is 1. The molecule has 0 atom stereocenters. The molecule has 1 nitrogen and oxygen atoms in total. The van der Waals surface area contributed by atoms with Crippen molar-refractivity contribution in [2.24, 2.45) is 5.92 Å². The van der Waals surface area contributed by atoms with E-state index in [1.165, 1.54) is 25.3 Å². The Morgan fingerprint density at radius 3 is 2.40 bits per heavy atom. The molecule has 1 aliphatic rings. The summed E-state index contributed by atoms with van der Waals surface area (Å²) < 4.78 is 36.7. The molecule has 1 heterocycles. The summed E-state index contributed by atoms with van der Waals surface area (Å²) >= 11 is 0. The highest BCUT2D eigenvalue weighted by molar-refractivity contribution is 5.17. The fourth-order valence-corrected chi connectivity index (χ4v) is 1.71. The predicted octanol–water partition coefficient (Wildman–Crippen LogP) is 3.44. The van der Waals surface area contributed by atoms with E-state index in [0.29, 0.717) is 5.92 Å². The molecular weight excluding hydrogens is 203 g/mol. The topological polar surface area (TPSA) is 12.9 Å². The summed E-state index contributed by atoms with van der Waals surface area (Å²) in [5.74, 6) is 0.634. The maximum atomic E-state index is 12.2. The van der Waals surface area contributed by atoms with Gasteiger partial charge in [0.15, 0.2) is 0 Å². The van der Waals surface area contributed by atoms with Crippen LogP contribution in [0.15, 0.2) is 18.3 Å². The number of rotatable bonds is 2. The van der Waals surface area contributed by atoms with Gasteiger partial charge in [-0.15, -0.1) is 0 Å². The molecule has 0 unspecified atom stereocenters. The largest absolute Gasteiger partial charge is 0.417 e. The normalized spacial score (nSPS) is 17.5. The third-order valence-electron chi connectivity index (χ3n) is 2.87. The maximum Gasteiger partial charge on any atom is 0.417 e. The van der Waals surface area contributed by atoms with Crippen molar-refractivity contribution in [1.29, 1.82) is 0 Å². The summed E-state index contributed by atoms with van der Waals surface area (Å²) in [5.41, 5.74) is 0.104. The average Bonchev–Trinajstić information content (AvgIpc) is 2.11. The fourth-order valence-electron chi connectivity index (χ4n) is 1.71. The molecule has 1 aromatic rings. The molecule has 0 aliphatic heterocycles. The Morgan fingerprint density at radius 2 is 2.00 bits per heavy atom. The van der Waals surface area contributed by atoms with Crippen molar-refractivity contribution < 1.29 is 13.2 Å². The Morgan fingerprint density at radius 1 is 1.27 bits per heavy atom. The summed E-state index contributed by atoms with van der Waals surface area (Å²) in [6.07, 6.45) is 1.07. The first-order valence-electron chi connectivity index (χ1n) is 5.08. The number of hydrogen-bond acceptors (Lipinski definition) is 1. The number of halogens is 3. The zero-order valence-electron chi connectivity index (χ0n) is 8.22. The van der Waals surface area contributed by atoms with Crippen molar-refractivity contribution in [3.05, 3.63) is 29.6 Å². The maximum absolute atomic E-state index is 12.2. The lowest BCUT2D eigenvalue weighted by atomic mass is 9.82. The van der Waals surface area contributed by atoms with E-state index in [0.717, 1.165) is 24.4 Å². The number of pyridine rings is 1. The number of hydrogen-bond donors (Lipinski definition) is 0. The van der Waals surface area contributed by atoms with E-state index in [-0.39, 0.29) is 0 Å². The van der Waals surface area contributed by atoms with E-state index in [4.69, 9.17) is 0 Å². The number of nitrogens with zero attached hydrogens (tertiary/aromatic N) is 1. The third-order valence-corrected chi connectivity index (χ3v) is 2.87. The van der Waals surface area contributed by atoms with Gasteiger partial charge < -0.3 is 0 Å². The van der Waals surface area contributed by atoms with E-state index in [2.05, 4.69) is 4.98 Å². The lowest BCUT2D eigenvalue weighted by Crippen LogP contribution is -2.15. The Labute approximate surface area is 86.3 Å². The molecule has 0 spiro atoms. The van der Waals surface area contributed by atoms with Gasteiger partial charge in [-0.2, -0.15) is 13.2 Å². The van der Waals surface area contributed by atoms with Gasteiger partial charge in [-0.3, -0.25) is 4.98 Å². The molecule has 0 N–H and O–H groups in total. The quantitative estimate of drug-likeness (QED) is 0.736. The van der Waals surface area contributed by atoms with E-state index in [9.17, 15) is 13.2 Å². The summed E-state index contributed by atoms with van der Waals surface area (Å²) in [6.45, 7) is 0. The van der Waals surface area contributed by atoms with Crippen LogP contribution in [0.2, 0.25) is 0 Å². The average molecular weight is 215 g/mol. The first-order valence-corrected chi connectivity index (χ1v) is 5.08. The first-order chi connectivity index (χ1) is 7.05. The molecule has 1 aromatic heterocycles. The van der Waals surface area contributed by atoms with Crippen LogP contribution < -0.4 is 0 Å². The molecule has 1 aliphatic carbocycles. The van der Waals surface area contributed by atoms with E-state index >= 15 is 0 Å². The zero-order valence-corrected chi connectivity index (χ0v) is 8.22. The van der Waals surface area contributed by atoms with E-state index in [1.807, 2.05) is 0 Å². The minimum Gasteiger partial charge on any atom is -0.261 e. The second kappa shape index (κ2) is 3.83. The van der Waals surface area contributed by atoms with E-state index in [1.54, 1.807) is 0 Å². The molecule has 0 bridgehead atoms. The molecule has 15 heavy (non-hydrogen) atoms. The lowest BCUT2D eigenvalue weighted by Gasteiger charge is -2.24. The van der Waals surface area contributed by atoms with Gasteiger partial charge in [0.2, 0.25) is 0 Å². The second-order valence-corrected chi connectivity index (χ2v) is 4.04. The smallest absolute Gasteiger partial charge is 0.261 e. The minimum atomic E-state index is -4.28. The highest BCUT2D eigenvalue weighted by Gasteiger charge is 2.30. The van der Waals surface area contributed by atoms with Crippen LogP contribution in [0.25, 0.3) is 0 Å². The summed E-state index contributed by atoms with van der Waals surface area (Å²) in [4.78, 5) is 3.85. The Hall–Kier alpha value is -1.06. The number of alkyl halides is 3. The van der Waals surface area contributed by atoms with Crippen LogP contribution in [0.3, 0.4) is 0 Å². The predicted molar refractivity (Wildman–Crippen MR) is 50.3 cm³/mol. The molecule has 82 valence electrons. The van der Waals surface area contributed by atoms with Gasteiger partial charge >= 0.3 is 6.18 Å². The fraction of sp³-hybridized carbons (Fsp3) is 0.545. The molecule has 2 rings (SSSR count). The standard InChI is InChI=1S/C11H12F3N/c12-11(13,14)9-4-5-10(15-7-9)6-8-2-1-3-8/h4-5,7-8H,1-3,6H2. The van der Waals surface area contributed by atoms with Crippen molar-refractivity contribution >= 4 is 0 Å². The molecule has 0 amide bonds. The van der Waals surface area contributed by atoms with Crippen LogP contribution >= 0.6 is 0 Å². The van der Waals surface area contributed by atoms with Crippen LogP contribution in [-0.2, 0) is 12.6 Å². The van der Waals surface area contributed by atoms with Crippen molar-refractivity contribution in [2.75, 3.05) is 0 Å². The van der Waals surface area contributed by atoms with Crippen molar-refractivity contribution in [3.8, 4) is 0 Å². The molecule has 1 saturated carbocycles. The molecular formula is C11H12F3N. The van der Waals surface area contributed by atoms with Crippen molar-refractivity contribution in [3.63, 3.8) is 0 Å². The second-order valence-electron chi connectivity index (χ2n) is 4.04. The Bertz CT molecular complexity index is 325. The van der Waals surface area contributed by atoms with Gasteiger partial charge in [0.1, 0.15) is 0 Å². The van der Waals surface area contributed by atoms with Gasteiger partial charge in [0, 0.05) is 11.9 Å². The molecule has 1 fully saturated rings. The van der Waals surface area contributed by atoms with E-state index < -0.39 is 11.7 Å². The Kier molecular flexibility index (Phi) is 2.67. The lowest BCUT2D eigenvalue weighted by molar-refractivity contribution is -0.137. The van der Waals surface area contributed by atoms with Gasteiger partial charge in [-0.1, -0.05) is 19.3 Å². The Balaban J connectivity index is 2.03. The van der Waals surface area contributed by atoms with Gasteiger partial charge in [-0.05, 0) is 24.5 Å². The van der Waals surface area contributed by atoms with Crippen molar-refractivity contribution in [1.82, 2.24) is 4.98 Å².